The molecule has 26 heavy (non-hydrogen) atoms. The van der Waals surface area contributed by atoms with Crippen LogP contribution in [0, 0.1) is 11.8 Å². The Labute approximate surface area is 153 Å². The summed E-state index contributed by atoms with van der Waals surface area (Å²) in [6.07, 6.45) is 0.0477. The van der Waals surface area contributed by atoms with E-state index in [1.54, 1.807) is 30.3 Å². The second kappa shape index (κ2) is 8.15. The maximum absolute atomic E-state index is 11.5. The molecule has 1 aromatic heterocycles. The van der Waals surface area contributed by atoms with Crippen LogP contribution < -0.4 is 22.5 Å². The van der Waals surface area contributed by atoms with Gasteiger partial charge in [-0.15, -0.1) is 11.3 Å². The molecule has 0 bridgehead atoms. The fourth-order valence-electron chi connectivity index (χ4n) is 1.99. The summed E-state index contributed by atoms with van der Waals surface area (Å²) in [7, 11) is 0. The van der Waals surface area contributed by atoms with Crippen molar-refractivity contribution in [2.24, 2.45) is 17.2 Å². The van der Waals surface area contributed by atoms with E-state index < -0.39 is 23.9 Å². The van der Waals surface area contributed by atoms with Gasteiger partial charge in [0.25, 0.3) is 5.91 Å². The van der Waals surface area contributed by atoms with E-state index in [0.29, 0.717) is 5.56 Å². The quantitative estimate of drug-likeness (QED) is 0.497. The lowest BCUT2D eigenvalue weighted by atomic mass is 10.1. The number of nitrogens with two attached hydrogens (primary N) is 3. The molecule has 0 saturated carbocycles. The minimum atomic E-state index is -1.10. The summed E-state index contributed by atoms with van der Waals surface area (Å²) in [5, 5.41) is 11.4. The molecule has 0 unspecified atom stereocenters. The number of hydrogen-bond donors (Lipinski definition) is 5. The minimum Gasteiger partial charge on any atom is -0.480 e. The highest BCUT2D eigenvalue weighted by atomic mass is 32.1. The maximum Gasteiger partial charge on any atom is 0.321 e. The van der Waals surface area contributed by atoms with Gasteiger partial charge in [-0.1, -0.05) is 24.0 Å². The zero-order chi connectivity index (χ0) is 19.3. The van der Waals surface area contributed by atoms with E-state index >= 15 is 0 Å². The summed E-state index contributed by atoms with van der Waals surface area (Å²) in [5.74, 6) is 3.78. The van der Waals surface area contributed by atoms with E-state index in [4.69, 9.17) is 22.3 Å². The average molecular weight is 372 g/mol. The van der Waals surface area contributed by atoms with Gasteiger partial charge in [0, 0.05) is 16.9 Å². The maximum atomic E-state index is 11.5. The van der Waals surface area contributed by atoms with Gasteiger partial charge in [0.05, 0.1) is 5.56 Å². The summed E-state index contributed by atoms with van der Waals surface area (Å²) < 4.78 is 0. The summed E-state index contributed by atoms with van der Waals surface area (Å²) in [4.78, 5) is 33.9. The molecular weight excluding hydrogens is 356 g/mol. The normalized spacial score (nSPS) is 11.1. The Bertz CT molecular complexity index is 909. The molecule has 2 rings (SSSR count). The van der Waals surface area contributed by atoms with E-state index in [0.717, 1.165) is 10.4 Å². The molecule has 1 aromatic carbocycles. The van der Waals surface area contributed by atoms with Crippen LogP contribution >= 0.6 is 11.3 Å². The summed E-state index contributed by atoms with van der Waals surface area (Å²) in [5.41, 5.74) is 17.4. The van der Waals surface area contributed by atoms with Crippen LogP contribution in [-0.2, 0) is 4.79 Å². The van der Waals surface area contributed by atoms with Gasteiger partial charge in [0.2, 0.25) is 0 Å². The van der Waals surface area contributed by atoms with Crippen molar-refractivity contribution in [1.82, 2.24) is 0 Å². The summed E-state index contributed by atoms with van der Waals surface area (Å²) >= 11 is 1.17. The van der Waals surface area contributed by atoms with E-state index in [2.05, 4.69) is 17.2 Å². The zero-order valence-corrected chi connectivity index (χ0v) is 14.3. The number of carbonyl (C=O) groups excluding carboxylic acids is 2. The van der Waals surface area contributed by atoms with Crippen LogP contribution in [0.15, 0.2) is 30.3 Å². The number of urea groups is 1. The van der Waals surface area contributed by atoms with Crippen LogP contribution in [0.5, 0.6) is 0 Å². The van der Waals surface area contributed by atoms with E-state index in [1.165, 1.54) is 11.3 Å². The SMILES string of the molecule is NC(=O)Nc1sc(-c2ccc(C#CC[C@H](N)C(=O)O)cc2)cc1C(N)=O. The smallest absolute Gasteiger partial charge is 0.321 e. The minimum absolute atomic E-state index is 0.0477. The van der Waals surface area contributed by atoms with Crippen molar-refractivity contribution in [3.05, 3.63) is 41.5 Å². The van der Waals surface area contributed by atoms with Gasteiger partial charge in [0.1, 0.15) is 11.0 Å². The topological polar surface area (TPSA) is 162 Å². The third-order valence-electron chi connectivity index (χ3n) is 3.28. The second-order valence-corrected chi connectivity index (χ2v) is 6.29. The number of aliphatic carboxylic acids is 1. The number of hydrogen-bond acceptors (Lipinski definition) is 5. The van der Waals surface area contributed by atoms with Crippen LogP contribution in [0.25, 0.3) is 10.4 Å². The molecule has 8 N–H and O–H groups in total. The number of carboxylic acids is 1. The first kappa shape index (κ1) is 19.0. The molecule has 0 radical (unpaired) electrons. The third kappa shape index (κ3) is 4.83. The van der Waals surface area contributed by atoms with Crippen LogP contribution in [0.3, 0.4) is 0 Å². The summed E-state index contributed by atoms with van der Waals surface area (Å²) in [6.45, 7) is 0. The van der Waals surface area contributed by atoms with Gasteiger partial charge in [0.15, 0.2) is 0 Å². The predicted octanol–water partition coefficient (Wildman–Crippen LogP) is 1.16. The lowest BCUT2D eigenvalue weighted by Crippen LogP contribution is -2.29. The lowest BCUT2D eigenvalue weighted by molar-refractivity contribution is -0.138. The fourth-order valence-corrected chi connectivity index (χ4v) is 3.06. The highest BCUT2D eigenvalue weighted by Gasteiger charge is 2.16. The first-order valence-corrected chi connectivity index (χ1v) is 8.17. The number of primary amides is 2. The number of nitrogens with one attached hydrogen (secondary N) is 1. The highest BCUT2D eigenvalue weighted by molar-refractivity contribution is 7.20. The zero-order valence-electron chi connectivity index (χ0n) is 13.5. The average Bonchev–Trinajstić information content (AvgIpc) is 2.98. The van der Waals surface area contributed by atoms with E-state index in [-0.39, 0.29) is 17.0 Å². The van der Waals surface area contributed by atoms with Crippen molar-refractivity contribution in [2.75, 3.05) is 5.32 Å². The molecule has 0 fully saturated rings. The molecule has 134 valence electrons. The van der Waals surface area contributed by atoms with Gasteiger partial charge in [-0.25, -0.2) is 4.79 Å². The Balaban J connectivity index is 2.20. The number of thiophene rings is 1. The Morgan fingerprint density at radius 2 is 1.85 bits per heavy atom. The molecule has 0 aliphatic carbocycles. The Morgan fingerprint density at radius 1 is 1.19 bits per heavy atom. The van der Waals surface area contributed by atoms with Crippen LogP contribution in [-0.4, -0.2) is 29.1 Å². The summed E-state index contributed by atoms with van der Waals surface area (Å²) in [6, 6.07) is 6.84. The number of carbonyl (C=O) groups is 3. The molecule has 8 nitrogen and oxygen atoms in total. The van der Waals surface area contributed by atoms with Crippen LogP contribution in [0.4, 0.5) is 9.80 Å². The molecule has 1 heterocycles. The predicted molar refractivity (Wildman–Crippen MR) is 98.6 cm³/mol. The van der Waals surface area contributed by atoms with Crippen molar-refractivity contribution in [1.29, 1.82) is 0 Å². The lowest BCUT2D eigenvalue weighted by Gasteiger charge is -1.99. The number of amides is 3. The Hall–Kier alpha value is -3.35. The molecule has 0 aliphatic heterocycles. The Morgan fingerprint density at radius 3 is 2.38 bits per heavy atom. The fraction of sp³-hybridized carbons (Fsp3) is 0.118. The molecule has 3 amide bonds. The number of anilines is 1. The van der Waals surface area contributed by atoms with Gasteiger partial charge < -0.3 is 22.3 Å². The standard InChI is InChI=1S/C17H16N4O4S/c18-12(16(23)24)3-1-2-9-4-6-10(7-5-9)13-8-11(14(19)22)15(26-13)21-17(20)25/h4-8,12H,3,18H2,(H2,19,22)(H,23,24)(H3,20,21,25)/t12-/m0/s1. The molecule has 1 atom stereocenters. The number of carboxylic acid groups (broad SMARTS) is 1. The van der Waals surface area contributed by atoms with Crippen molar-refractivity contribution < 1.29 is 19.5 Å². The molecule has 2 aromatic rings. The van der Waals surface area contributed by atoms with Crippen molar-refractivity contribution >= 4 is 34.2 Å². The molecule has 9 heteroatoms. The van der Waals surface area contributed by atoms with Crippen LogP contribution in [0.1, 0.15) is 22.3 Å². The van der Waals surface area contributed by atoms with Crippen molar-refractivity contribution in [3.8, 4) is 22.3 Å². The molecular formula is C17H16N4O4S. The Kier molecular flexibility index (Phi) is 5.95. The monoisotopic (exact) mass is 372 g/mol. The van der Waals surface area contributed by atoms with Crippen molar-refractivity contribution in [2.45, 2.75) is 12.5 Å². The van der Waals surface area contributed by atoms with E-state index in [1.807, 2.05) is 0 Å². The van der Waals surface area contributed by atoms with Crippen molar-refractivity contribution in [3.63, 3.8) is 0 Å². The van der Waals surface area contributed by atoms with E-state index in [9.17, 15) is 14.4 Å². The third-order valence-corrected chi connectivity index (χ3v) is 4.38. The highest BCUT2D eigenvalue weighted by Crippen LogP contribution is 2.35. The van der Waals surface area contributed by atoms with Gasteiger partial charge >= 0.3 is 12.0 Å². The largest absolute Gasteiger partial charge is 0.480 e. The van der Waals surface area contributed by atoms with Gasteiger partial charge in [-0.2, -0.15) is 0 Å². The second-order valence-electron chi connectivity index (χ2n) is 5.23. The molecule has 0 saturated heterocycles. The van der Waals surface area contributed by atoms with Crippen LogP contribution in [0.2, 0.25) is 0 Å². The number of benzene rings is 1. The van der Waals surface area contributed by atoms with Gasteiger partial charge in [-0.3, -0.25) is 14.9 Å². The van der Waals surface area contributed by atoms with Gasteiger partial charge in [-0.05, 0) is 23.8 Å². The first-order chi connectivity index (χ1) is 12.3. The first-order valence-electron chi connectivity index (χ1n) is 7.35. The molecule has 0 aliphatic rings. The number of rotatable bonds is 5. The molecule has 0 spiro atoms.